The van der Waals surface area contributed by atoms with E-state index in [0.29, 0.717) is 5.02 Å². The highest BCUT2D eigenvalue weighted by atomic mass is 35.5. The van der Waals surface area contributed by atoms with Crippen LogP contribution in [0.2, 0.25) is 5.02 Å². The number of fused-ring (bicyclic) bond motifs is 1. The quantitative estimate of drug-likeness (QED) is 0.547. The summed E-state index contributed by atoms with van der Waals surface area (Å²) in [5.74, 6) is 0.884. The minimum Gasteiger partial charge on any atom is -0.324 e. The van der Waals surface area contributed by atoms with Gasteiger partial charge in [0.15, 0.2) is 0 Å². The first-order valence-electron chi connectivity index (χ1n) is 10.1. The molecule has 1 saturated heterocycles. The van der Waals surface area contributed by atoms with Crippen LogP contribution < -0.4 is 0 Å². The largest absolute Gasteiger partial charge is 0.324 e. The first-order chi connectivity index (χ1) is 14.2. The number of aromatic amines is 1. The second-order valence-corrected chi connectivity index (χ2v) is 8.06. The number of piperazine rings is 1. The van der Waals surface area contributed by atoms with E-state index in [-0.39, 0.29) is 0 Å². The molecule has 150 valence electrons. The molecule has 1 fully saturated rings. The molecule has 1 aliphatic heterocycles. The fourth-order valence-electron chi connectivity index (χ4n) is 4.01. The number of hydrogen-bond acceptors (Lipinski definition) is 3. The molecule has 0 unspecified atom stereocenters. The molecule has 0 radical (unpaired) electrons. The van der Waals surface area contributed by atoms with Crippen LogP contribution in [0.1, 0.15) is 0 Å². The van der Waals surface area contributed by atoms with Crippen LogP contribution in [-0.4, -0.2) is 68.9 Å². The lowest BCUT2D eigenvalue weighted by Crippen LogP contribution is -2.45. The zero-order chi connectivity index (χ0) is 19.8. The molecule has 5 rings (SSSR count). The number of benzene rings is 1. The Morgan fingerprint density at radius 2 is 1.69 bits per heavy atom. The maximum absolute atomic E-state index is 6.86. The van der Waals surface area contributed by atoms with Crippen LogP contribution in [0.15, 0.2) is 54.9 Å². The molecule has 29 heavy (non-hydrogen) atoms. The monoisotopic (exact) mass is 408 g/mol. The lowest BCUT2D eigenvalue weighted by Gasteiger charge is -2.32. The van der Waals surface area contributed by atoms with E-state index >= 15 is 0 Å². The SMILES string of the molecule is CN1CCN(CCn2nc(-c3ccccc3)c3c(Cl)c(-n4cccc4)[nH]c32)CC1. The molecular weight excluding hydrogens is 384 g/mol. The van der Waals surface area contributed by atoms with E-state index in [4.69, 9.17) is 16.7 Å². The van der Waals surface area contributed by atoms with E-state index in [1.807, 2.05) is 47.3 Å². The summed E-state index contributed by atoms with van der Waals surface area (Å²) in [6.07, 6.45) is 4.00. The number of rotatable bonds is 5. The zero-order valence-electron chi connectivity index (χ0n) is 16.6. The van der Waals surface area contributed by atoms with Gasteiger partial charge in [-0.3, -0.25) is 4.90 Å². The van der Waals surface area contributed by atoms with Gasteiger partial charge in [-0.2, -0.15) is 5.10 Å². The van der Waals surface area contributed by atoms with Crippen molar-refractivity contribution < 1.29 is 0 Å². The summed E-state index contributed by atoms with van der Waals surface area (Å²) >= 11 is 6.86. The molecule has 6 nitrogen and oxygen atoms in total. The number of likely N-dealkylation sites (N-methyl/N-ethyl adjacent to an activating group) is 1. The highest BCUT2D eigenvalue weighted by Crippen LogP contribution is 2.37. The van der Waals surface area contributed by atoms with Gasteiger partial charge in [0, 0.05) is 50.7 Å². The van der Waals surface area contributed by atoms with Crippen molar-refractivity contribution in [2.75, 3.05) is 39.8 Å². The second kappa shape index (κ2) is 7.71. The van der Waals surface area contributed by atoms with E-state index in [9.17, 15) is 0 Å². The molecular formula is C22H25ClN6. The van der Waals surface area contributed by atoms with Gasteiger partial charge in [0.05, 0.1) is 17.0 Å². The van der Waals surface area contributed by atoms with Crippen LogP contribution in [0.25, 0.3) is 28.1 Å². The molecule has 0 amide bonds. The van der Waals surface area contributed by atoms with Crippen molar-refractivity contribution in [2.24, 2.45) is 0 Å². The van der Waals surface area contributed by atoms with Crippen LogP contribution in [0, 0.1) is 0 Å². The average molecular weight is 409 g/mol. The summed E-state index contributed by atoms with van der Waals surface area (Å²) in [5, 5.41) is 6.65. The second-order valence-electron chi connectivity index (χ2n) is 7.68. The van der Waals surface area contributed by atoms with Gasteiger partial charge in [0.25, 0.3) is 0 Å². The number of nitrogens with one attached hydrogen (secondary N) is 1. The summed E-state index contributed by atoms with van der Waals surface area (Å²) in [5.41, 5.74) is 2.99. The molecule has 0 aliphatic carbocycles. The van der Waals surface area contributed by atoms with E-state index in [1.165, 1.54) is 0 Å². The van der Waals surface area contributed by atoms with Gasteiger partial charge in [-0.05, 0) is 19.2 Å². The van der Waals surface area contributed by atoms with Gasteiger partial charge in [0.2, 0.25) is 0 Å². The molecule has 4 aromatic rings. The Bertz CT molecular complexity index is 1090. The van der Waals surface area contributed by atoms with Gasteiger partial charge < -0.3 is 14.5 Å². The molecule has 0 saturated carbocycles. The number of H-pyrrole nitrogens is 1. The third-order valence-corrected chi connectivity index (χ3v) is 6.12. The molecule has 1 aromatic carbocycles. The fourth-order valence-corrected chi connectivity index (χ4v) is 4.34. The lowest BCUT2D eigenvalue weighted by atomic mass is 10.1. The summed E-state index contributed by atoms with van der Waals surface area (Å²) in [6, 6.07) is 14.3. The average Bonchev–Trinajstić information content (AvgIpc) is 3.46. The third-order valence-electron chi connectivity index (χ3n) is 5.75. The van der Waals surface area contributed by atoms with Crippen LogP contribution in [0.4, 0.5) is 0 Å². The third kappa shape index (κ3) is 3.48. The van der Waals surface area contributed by atoms with E-state index in [1.54, 1.807) is 0 Å². The first kappa shape index (κ1) is 18.5. The number of aromatic nitrogens is 4. The summed E-state index contributed by atoms with van der Waals surface area (Å²) in [7, 11) is 2.18. The Hall–Kier alpha value is -2.54. The molecule has 0 bridgehead atoms. The molecule has 0 atom stereocenters. The number of hydrogen-bond donors (Lipinski definition) is 1. The molecule has 1 aliphatic rings. The van der Waals surface area contributed by atoms with Gasteiger partial charge >= 0.3 is 0 Å². The predicted octanol–water partition coefficient (Wildman–Crippen LogP) is 3.72. The van der Waals surface area contributed by atoms with Crippen LogP contribution in [0.3, 0.4) is 0 Å². The highest BCUT2D eigenvalue weighted by molar-refractivity contribution is 6.38. The lowest BCUT2D eigenvalue weighted by molar-refractivity contribution is 0.149. The van der Waals surface area contributed by atoms with Crippen LogP contribution >= 0.6 is 11.6 Å². The Labute approximate surface area is 175 Å². The van der Waals surface area contributed by atoms with Crippen molar-refractivity contribution in [3.05, 3.63) is 59.9 Å². The Morgan fingerprint density at radius 1 is 0.966 bits per heavy atom. The first-order valence-corrected chi connectivity index (χ1v) is 10.5. The summed E-state index contributed by atoms with van der Waals surface area (Å²) in [6.45, 7) is 6.26. The van der Waals surface area contributed by atoms with Gasteiger partial charge in [-0.15, -0.1) is 0 Å². The van der Waals surface area contributed by atoms with Crippen molar-refractivity contribution in [1.82, 2.24) is 29.1 Å². The molecule has 1 N–H and O–H groups in total. The van der Waals surface area contributed by atoms with Gasteiger partial charge in [-0.1, -0.05) is 41.9 Å². The topological polar surface area (TPSA) is 45.0 Å². The maximum Gasteiger partial charge on any atom is 0.139 e. The van der Waals surface area contributed by atoms with E-state index in [2.05, 4.69) is 38.6 Å². The predicted molar refractivity (Wildman–Crippen MR) is 118 cm³/mol. The Kier molecular flexibility index (Phi) is 4.91. The van der Waals surface area contributed by atoms with Crippen LogP contribution in [-0.2, 0) is 6.54 Å². The highest BCUT2D eigenvalue weighted by Gasteiger charge is 2.22. The fraction of sp³-hybridized carbons (Fsp3) is 0.318. The zero-order valence-corrected chi connectivity index (χ0v) is 17.3. The molecule has 7 heteroatoms. The van der Waals surface area contributed by atoms with E-state index < -0.39 is 0 Å². The summed E-state index contributed by atoms with van der Waals surface area (Å²) in [4.78, 5) is 8.41. The van der Waals surface area contributed by atoms with Crippen molar-refractivity contribution in [1.29, 1.82) is 0 Å². The van der Waals surface area contributed by atoms with Crippen molar-refractivity contribution >= 4 is 22.6 Å². The van der Waals surface area contributed by atoms with Gasteiger partial charge in [-0.25, -0.2) is 4.68 Å². The molecule has 3 aromatic heterocycles. The van der Waals surface area contributed by atoms with Crippen molar-refractivity contribution in [3.8, 4) is 17.1 Å². The van der Waals surface area contributed by atoms with Crippen molar-refractivity contribution in [3.63, 3.8) is 0 Å². The Morgan fingerprint density at radius 3 is 2.41 bits per heavy atom. The van der Waals surface area contributed by atoms with E-state index in [0.717, 1.165) is 67.4 Å². The molecule has 4 heterocycles. The number of nitrogens with zero attached hydrogens (tertiary/aromatic N) is 5. The standard InChI is InChI=1S/C22H25ClN6/c1-26-11-13-27(14-12-26)15-16-29-21-18(20(25-29)17-7-3-2-4-8-17)19(23)22(24-21)28-9-5-6-10-28/h2-10,24H,11-16H2,1H3. The van der Waals surface area contributed by atoms with Crippen LogP contribution in [0.5, 0.6) is 0 Å². The van der Waals surface area contributed by atoms with Gasteiger partial charge in [0.1, 0.15) is 17.2 Å². The number of halogens is 1. The smallest absolute Gasteiger partial charge is 0.139 e. The molecule has 0 spiro atoms. The Balaban J connectivity index is 1.54. The van der Waals surface area contributed by atoms with Crippen molar-refractivity contribution in [2.45, 2.75) is 6.54 Å². The minimum atomic E-state index is 0.709. The maximum atomic E-state index is 6.86. The normalized spacial score (nSPS) is 16.1. The minimum absolute atomic E-state index is 0.709. The summed E-state index contributed by atoms with van der Waals surface area (Å²) < 4.78 is 4.09.